The molecule has 1 aliphatic carbocycles. The third-order valence-corrected chi connectivity index (χ3v) is 4.64. The second kappa shape index (κ2) is 8.77. The Morgan fingerprint density at radius 2 is 1.81 bits per heavy atom. The highest BCUT2D eigenvalue weighted by atomic mass is 32.1. The lowest BCUT2D eigenvalue weighted by molar-refractivity contribution is -0.119. The van der Waals surface area contributed by atoms with Crippen LogP contribution < -0.4 is 16.0 Å². The summed E-state index contributed by atoms with van der Waals surface area (Å²) in [6.45, 7) is 1.94. The number of thiocarbonyl (C=S) groups is 1. The molecule has 1 fully saturated rings. The Morgan fingerprint density at radius 3 is 2.52 bits per heavy atom. The number of hydrogen-bond acceptors (Lipinski definition) is 3. The zero-order valence-corrected chi connectivity index (χ0v) is 16.1. The normalized spacial score (nSPS) is 12.9. The van der Waals surface area contributed by atoms with Crippen molar-refractivity contribution in [3.05, 3.63) is 59.7 Å². The van der Waals surface area contributed by atoms with Crippen LogP contribution in [-0.4, -0.2) is 16.9 Å². The summed E-state index contributed by atoms with van der Waals surface area (Å²) in [7, 11) is 0. The molecule has 0 aliphatic heterocycles. The van der Waals surface area contributed by atoms with E-state index in [4.69, 9.17) is 12.2 Å². The molecule has 140 valence electrons. The molecule has 0 bridgehead atoms. The first-order valence-electron chi connectivity index (χ1n) is 9.07. The van der Waals surface area contributed by atoms with Gasteiger partial charge in [0.25, 0.3) is 0 Å². The monoisotopic (exact) mass is 381 g/mol. The van der Waals surface area contributed by atoms with Crippen LogP contribution in [0.1, 0.15) is 30.4 Å². The predicted octanol–water partition coefficient (Wildman–Crippen LogP) is 3.79. The van der Waals surface area contributed by atoms with Crippen molar-refractivity contribution in [1.29, 1.82) is 0 Å². The first kappa shape index (κ1) is 19.0. The molecular weight excluding hydrogens is 358 g/mol. The topological polar surface area (TPSA) is 70.2 Å². The van der Waals surface area contributed by atoms with Gasteiger partial charge in [0, 0.05) is 23.7 Å². The van der Waals surface area contributed by atoms with E-state index in [-0.39, 0.29) is 22.8 Å². The molecule has 1 aliphatic rings. The van der Waals surface area contributed by atoms with Crippen molar-refractivity contribution in [3.8, 4) is 0 Å². The van der Waals surface area contributed by atoms with E-state index in [0.29, 0.717) is 12.8 Å². The number of rotatable bonds is 6. The maximum atomic E-state index is 12.1. The van der Waals surface area contributed by atoms with Gasteiger partial charge in [0.15, 0.2) is 5.11 Å². The highest BCUT2D eigenvalue weighted by Crippen LogP contribution is 2.31. The Morgan fingerprint density at radius 1 is 1.07 bits per heavy atom. The van der Waals surface area contributed by atoms with Crippen molar-refractivity contribution in [2.45, 2.75) is 32.6 Å². The molecule has 5 nitrogen and oxygen atoms in total. The van der Waals surface area contributed by atoms with Gasteiger partial charge in [-0.2, -0.15) is 0 Å². The highest BCUT2D eigenvalue weighted by Gasteiger charge is 2.29. The van der Waals surface area contributed by atoms with Gasteiger partial charge in [0.05, 0.1) is 0 Å². The zero-order chi connectivity index (χ0) is 19.2. The Hall–Kier alpha value is -2.73. The van der Waals surface area contributed by atoms with Crippen LogP contribution in [0.25, 0.3) is 0 Å². The molecule has 0 atom stereocenters. The van der Waals surface area contributed by atoms with E-state index in [2.05, 4.69) is 16.0 Å². The molecule has 27 heavy (non-hydrogen) atoms. The maximum absolute atomic E-state index is 12.1. The van der Waals surface area contributed by atoms with Crippen molar-refractivity contribution in [1.82, 2.24) is 5.32 Å². The lowest BCUT2D eigenvalue weighted by Gasteiger charge is -2.13. The van der Waals surface area contributed by atoms with Gasteiger partial charge in [-0.15, -0.1) is 0 Å². The largest absolute Gasteiger partial charge is 0.332 e. The van der Waals surface area contributed by atoms with E-state index in [9.17, 15) is 9.59 Å². The Balaban J connectivity index is 1.50. The summed E-state index contributed by atoms with van der Waals surface area (Å²) in [5.74, 6) is 0.0729. The van der Waals surface area contributed by atoms with E-state index in [1.165, 1.54) is 0 Å². The SMILES string of the molecule is Cc1ccc(NC(=S)NC(=O)CCc2ccccc2)cc1NC(=O)C1CC1. The third kappa shape index (κ3) is 5.89. The van der Waals surface area contributed by atoms with E-state index in [0.717, 1.165) is 35.3 Å². The third-order valence-electron chi connectivity index (χ3n) is 4.44. The van der Waals surface area contributed by atoms with Gasteiger partial charge in [-0.25, -0.2) is 0 Å². The van der Waals surface area contributed by atoms with Gasteiger partial charge in [0.1, 0.15) is 0 Å². The fourth-order valence-corrected chi connectivity index (χ4v) is 2.90. The Kier molecular flexibility index (Phi) is 6.19. The number of carbonyl (C=O) groups excluding carboxylic acids is 2. The first-order chi connectivity index (χ1) is 13.0. The van der Waals surface area contributed by atoms with Crippen LogP contribution in [-0.2, 0) is 16.0 Å². The number of nitrogens with one attached hydrogen (secondary N) is 3. The van der Waals surface area contributed by atoms with Crippen LogP contribution in [0.15, 0.2) is 48.5 Å². The van der Waals surface area contributed by atoms with Crippen LogP contribution in [0, 0.1) is 12.8 Å². The molecule has 6 heteroatoms. The molecule has 0 aromatic heterocycles. The quantitative estimate of drug-likeness (QED) is 0.666. The van der Waals surface area contributed by atoms with E-state index >= 15 is 0 Å². The van der Waals surface area contributed by atoms with Crippen molar-refractivity contribution in [2.75, 3.05) is 10.6 Å². The molecule has 2 amide bonds. The maximum Gasteiger partial charge on any atom is 0.227 e. The Labute approximate surface area is 164 Å². The van der Waals surface area contributed by atoms with Crippen molar-refractivity contribution in [2.24, 2.45) is 5.92 Å². The summed E-state index contributed by atoms with van der Waals surface area (Å²) in [6, 6.07) is 15.5. The Bertz CT molecular complexity index is 848. The molecule has 1 saturated carbocycles. The van der Waals surface area contributed by atoms with E-state index in [1.54, 1.807) is 0 Å². The molecule has 2 aromatic carbocycles. The molecule has 0 heterocycles. The zero-order valence-electron chi connectivity index (χ0n) is 15.2. The summed E-state index contributed by atoms with van der Waals surface area (Å²) in [5.41, 5.74) is 3.57. The number of benzene rings is 2. The fourth-order valence-electron chi connectivity index (χ4n) is 2.67. The van der Waals surface area contributed by atoms with Crippen LogP contribution in [0.2, 0.25) is 0 Å². The summed E-state index contributed by atoms with van der Waals surface area (Å²) in [4.78, 5) is 24.1. The number of carbonyl (C=O) groups is 2. The van der Waals surface area contributed by atoms with Crippen LogP contribution in [0.3, 0.4) is 0 Å². The minimum Gasteiger partial charge on any atom is -0.332 e. The molecule has 3 rings (SSSR count). The average Bonchev–Trinajstić information content (AvgIpc) is 3.49. The van der Waals surface area contributed by atoms with Crippen LogP contribution in [0.5, 0.6) is 0 Å². The standard InChI is InChI=1S/C21H23N3O2S/c1-14-7-11-17(13-18(14)23-20(26)16-9-10-16)22-21(27)24-19(25)12-8-15-5-3-2-4-6-15/h2-7,11,13,16H,8-10,12H2,1H3,(H,23,26)(H2,22,24,25,27). The summed E-state index contributed by atoms with van der Waals surface area (Å²) < 4.78 is 0. The molecule has 3 N–H and O–H groups in total. The molecule has 0 radical (unpaired) electrons. The second-order valence-corrected chi connectivity index (χ2v) is 7.19. The predicted molar refractivity (Wildman–Crippen MR) is 112 cm³/mol. The summed E-state index contributed by atoms with van der Waals surface area (Å²) >= 11 is 5.23. The smallest absolute Gasteiger partial charge is 0.227 e. The van der Waals surface area contributed by atoms with Gasteiger partial charge in [-0.3, -0.25) is 9.59 Å². The summed E-state index contributed by atoms with van der Waals surface area (Å²) in [5, 5.41) is 8.90. The molecule has 2 aromatic rings. The number of anilines is 2. The minimum atomic E-state index is -0.134. The highest BCUT2D eigenvalue weighted by molar-refractivity contribution is 7.80. The van der Waals surface area contributed by atoms with Gasteiger partial charge in [0.2, 0.25) is 11.8 Å². The molecule has 0 spiro atoms. The molecule has 0 unspecified atom stereocenters. The van der Waals surface area contributed by atoms with E-state index in [1.807, 2.05) is 55.5 Å². The second-order valence-electron chi connectivity index (χ2n) is 6.78. The lowest BCUT2D eigenvalue weighted by atomic mass is 10.1. The van der Waals surface area contributed by atoms with Gasteiger partial charge in [-0.1, -0.05) is 36.4 Å². The van der Waals surface area contributed by atoms with Crippen molar-refractivity contribution < 1.29 is 9.59 Å². The van der Waals surface area contributed by atoms with E-state index < -0.39 is 0 Å². The van der Waals surface area contributed by atoms with Gasteiger partial charge >= 0.3 is 0 Å². The van der Waals surface area contributed by atoms with Crippen LogP contribution in [0.4, 0.5) is 11.4 Å². The minimum absolute atomic E-state index is 0.0621. The van der Waals surface area contributed by atoms with Gasteiger partial charge < -0.3 is 16.0 Å². The first-order valence-corrected chi connectivity index (χ1v) is 9.48. The van der Waals surface area contributed by atoms with Crippen LogP contribution >= 0.6 is 12.2 Å². The van der Waals surface area contributed by atoms with Crippen molar-refractivity contribution >= 4 is 40.5 Å². The number of aryl methyl sites for hydroxylation is 2. The van der Waals surface area contributed by atoms with Gasteiger partial charge in [-0.05, 0) is 61.7 Å². The number of hydrogen-bond donors (Lipinski definition) is 3. The van der Waals surface area contributed by atoms with Crippen molar-refractivity contribution in [3.63, 3.8) is 0 Å². The summed E-state index contributed by atoms with van der Waals surface area (Å²) in [6.07, 6.45) is 2.95. The lowest BCUT2D eigenvalue weighted by Crippen LogP contribution is -2.34. The molecule has 0 saturated heterocycles. The molecular formula is C21H23N3O2S. The number of amides is 2. The average molecular weight is 382 g/mol. The fraction of sp³-hybridized carbons (Fsp3) is 0.286.